The number of hydrogen-bond acceptors (Lipinski definition) is 3. The molecule has 0 atom stereocenters. The number of pyridine rings is 1. The molecular formula is C12H11BrN2S. The summed E-state index contributed by atoms with van der Waals surface area (Å²) in [4.78, 5) is 4.30. The molecule has 0 aliphatic rings. The molecule has 0 spiro atoms. The molecule has 0 amide bonds. The van der Waals surface area contributed by atoms with Crippen LogP contribution in [0.2, 0.25) is 0 Å². The van der Waals surface area contributed by atoms with Gasteiger partial charge < -0.3 is 5.73 Å². The van der Waals surface area contributed by atoms with E-state index >= 15 is 0 Å². The van der Waals surface area contributed by atoms with Gasteiger partial charge in [0, 0.05) is 22.1 Å². The summed E-state index contributed by atoms with van der Waals surface area (Å²) in [6.45, 7) is 0. The second kappa shape index (κ2) is 5.37. The Hall–Kier alpha value is -1.00. The Labute approximate surface area is 107 Å². The quantitative estimate of drug-likeness (QED) is 0.693. The molecule has 0 saturated heterocycles. The minimum Gasteiger partial charge on any atom is -0.398 e. The minimum absolute atomic E-state index is 0.840. The van der Waals surface area contributed by atoms with Crippen molar-refractivity contribution in [1.82, 2.24) is 4.98 Å². The van der Waals surface area contributed by atoms with Crippen molar-refractivity contribution in [3.63, 3.8) is 0 Å². The molecule has 0 bridgehead atoms. The molecule has 1 aromatic carbocycles. The Morgan fingerprint density at radius 3 is 2.69 bits per heavy atom. The monoisotopic (exact) mass is 294 g/mol. The molecule has 0 unspecified atom stereocenters. The van der Waals surface area contributed by atoms with Crippen LogP contribution in [-0.4, -0.2) is 4.98 Å². The first-order chi connectivity index (χ1) is 7.75. The highest BCUT2D eigenvalue weighted by Crippen LogP contribution is 2.24. The van der Waals surface area contributed by atoms with Crippen LogP contribution >= 0.6 is 27.7 Å². The molecule has 1 heterocycles. The number of nitrogens with zero attached hydrogens (tertiary/aromatic N) is 1. The van der Waals surface area contributed by atoms with Crippen molar-refractivity contribution >= 4 is 33.4 Å². The third-order valence-corrected chi connectivity index (χ3v) is 3.59. The largest absolute Gasteiger partial charge is 0.398 e. The van der Waals surface area contributed by atoms with Gasteiger partial charge in [0.25, 0.3) is 0 Å². The molecule has 0 radical (unpaired) electrons. The number of benzene rings is 1. The summed E-state index contributed by atoms with van der Waals surface area (Å²) in [5.41, 5.74) is 7.86. The summed E-state index contributed by atoms with van der Waals surface area (Å²) in [7, 11) is 0. The van der Waals surface area contributed by atoms with E-state index in [4.69, 9.17) is 5.73 Å². The van der Waals surface area contributed by atoms with Crippen LogP contribution in [0.4, 0.5) is 5.69 Å². The molecule has 4 heteroatoms. The minimum atomic E-state index is 0.840. The number of nitrogen functional groups attached to an aromatic ring is 1. The molecule has 1 aromatic heterocycles. The zero-order chi connectivity index (χ0) is 11.4. The molecule has 0 saturated carbocycles. The standard InChI is InChI=1S/C12H11BrN2S/c13-10-5-6-12(15-7-10)16-8-9-3-1-2-4-11(9)14/h1-7H,8,14H2. The zero-order valence-electron chi connectivity index (χ0n) is 8.56. The number of hydrogen-bond donors (Lipinski definition) is 1. The van der Waals surface area contributed by atoms with Gasteiger partial charge >= 0.3 is 0 Å². The van der Waals surface area contributed by atoms with E-state index in [-0.39, 0.29) is 0 Å². The topological polar surface area (TPSA) is 38.9 Å². The summed E-state index contributed by atoms with van der Waals surface area (Å²) in [6, 6.07) is 11.9. The van der Waals surface area contributed by atoms with Crippen LogP contribution in [0.1, 0.15) is 5.56 Å². The van der Waals surface area contributed by atoms with Crippen LogP contribution in [-0.2, 0) is 5.75 Å². The maximum atomic E-state index is 5.87. The molecule has 82 valence electrons. The van der Waals surface area contributed by atoms with Crippen LogP contribution in [0.25, 0.3) is 0 Å². The fourth-order valence-electron chi connectivity index (χ4n) is 1.26. The third kappa shape index (κ3) is 3.00. The number of nitrogens with two attached hydrogens (primary N) is 1. The first-order valence-corrected chi connectivity index (χ1v) is 6.61. The summed E-state index contributed by atoms with van der Waals surface area (Å²) in [5, 5.41) is 1.01. The maximum Gasteiger partial charge on any atom is 0.0963 e. The Balaban J connectivity index is 2.02. The fourth-order valence-corrected chi connectivity index (χ4v) is 2.36. The van der Waals surface area contributed by atoms with E-state index in [2.05, 4.69) is 20.9 Å². The maximum absolute atomic E-state index is 5.87. The van der Waals surface area contributed by atoms with Gasteiger partial charge in [-0.25, -0.2) is 4.98 Å². The molecule has 2 N–H and O–H groups in total. The second-order valence-electron chi connectivity index (χ2n) is 3.30. The van der Waals surface area contributed by atoms with E-state index in [1.165, 1.54) is 0 Å². The van der Waals surface area contributed by atoms with Crippen LogP contribution < -0.4 is 5.73 Å². The van der Waals surface area contributed by atoms with Gasteiger partial charge in [-0.05, 0) is 39.7 Å². The highest BCUT2D eigenvalue weighted by molar-refractivity contribution is 9.10. The fraction of sp³-hybridized carbons (Fsp3) is 0.0833. The Morgan fingerprint density at radius 2 is 2.00 bits per heavy atom. The van der Waals surface area contributed by atoms with Crippen LogP contribution in [0.15, 0.2) is 52.1 Å². The van der Waals surface area contributed by atoms with Crippen molar-refractivity contribution in [2.45, 2.75) is 10.8 Å². The highest BCUT2D eigenvalue weighted by atomic mass is 79.9. The van der Waals surface area contributed by atoms with E-state index in [1.807, 2.05) is 36.4 Å². The van der Waals surface area contributed by atoms with Crippen LogP contribution in [0.3, 0.4) is 0 Å². The zero-order valence-corrected chi connectivity index (χ0v) is 11.0. The van der Waals surface area contributed by atoms with Gasteiger partial charge in [0.05, 0.1) is 5.03 Å². The average molecular weight is 295 g/mol. The summed E-state index contributed by atoms with van der Waals surface area (Å²) in [6.07, 6.45) is 1.80. The highest BCUT2D eigenvalue weighted by Gasteiger charge is 2.00. The molecule has 0 aliphatic heterocycles. The third-order valence-electron chi connectivity index (χ3n) is 2.13. The van der Waals surface area contributed by atoms with Gasteiger partial charge in [-0.2, -0.15) is 0 Å². The molecule has 2 aromatic rings. The average Bonchev–Trinajstić information content (AvgIpc) is 2.30. The van der Waals surface area contributed by atoms with Gasteiger partial charge in [-0.3, -0.25) is 0 Å². The van der Waals surface area contributed by atoms with Gasteiger partial charge in [-0.1, -0.05) is 18.2 Å². The molecular weight excluding hydrogens is 284 g/mol. The lowest BCUT2D eigenvalue weighted by atomic mass is 10.2. The van der Waals surface area contributed by atoms with E-state index in [9.17, 15) is 0 Å². The lowest BCUT2D eigenvalue weighted by Crippen LogP contribution is -1.91. The molecule has 0 fully saturated rings. The van der Waals surface area contributed by atoms with E-state index < -0.39 is 0 Å². The smallest absolute Gasteiger partial charge is 0.0963 e. The van der Waals surface area contributed by atoms with Crippen molar-refractivity contribution in [1.29, 1.82) is 0 Å². The summed E-state index contributed by atoms with van der Waals surface area (Å²) < 4.78 is 0.996. The molecule has 2 nitrogen and oxygen atoms in total. The SMILES string of the molecule is Nc1ccccc1CSc1ccc(Br)cn1. The van der Waals surface area contributed by atoms with Crippen LogP contribution in [0, 0.1) is 0 Å². The molecule has 0 aliphatic carbocycles. The first kappa shape index (κ1) is 11.5. The van der Waals surface area contributed by atoms with Gasteiger partial charge in [-0.15, -0.1) is 11.8 Å². The number of thioether (sulfide) groups is 1. The lowest BCUT2D eigenvalue weighted by Gasteiger charge is -2.04. The predicted octanol–water partition coefficient (Wildman–Crippen LogP) is 3.72. The number of para-hydroxylation sites is 1. The Bertz CT molecular complexity index is 471. The van der Waals surface area contributed by atoms with Crippen molar-refractivity contribution in [3.05, 3.63) is 52.6 Å². The normalized spacial score (nSPS) is 10.3. The summed E-state index contributed by atoms with van der Waals surface area (Å²) in [5.74, 6) is 0.849. The van der Waals surface area contributed by atoms with Crippen molar-refractivity contribution < 1.29 is 0 Å². The predicted molar refractivity (Wildman–Crippen MR) is 72.4 cm³/mol. The van der Waals surface area contributed by atoms with Crippen molar-refractivity contribution in [2.75, 3.05) is 5.73 Å². The first-order valence-electron chi connectivity index (χ1n) is 4.83. The Morgan fingerprint density at radius 1 is 1.19 bits per heavy atom. The van der Waals surface area contributed by atoms with Crippen molar-refractivity contribution in [3.8, 4) is 0 Å². The molecule has 2 rings (SSSR count). The molecule has 16 heavy (non-hydrogen) atoms. The van der Waals surface area contributed by atoms with E-state index in [1.54, 1.807) is 18.0 Å². The number of halogens is 1. The van der Waals surface area contributed by atoms with Gasteiger partial charge in [0.2, 0.25) is 0 Å². The van der Waals surface area contributed by atoms with Gasteiger partial charge in [0.15, 0.2) is 0 Å². The second-order valence-corrected chi connectivity index (χ2v) is 5.21. The van der Waals surface area contributed by atoms with E-state index in [0.717, 1.165) is 26.5 Å². The Kier molecular flexibility index (Phi) is 3.85. The number of rotatable bonds is 3. The number of aromatic nitrogens is 1. The van der Waals surface area contributed by atoms with Crippen LogP contribution in [0.5, 0.6) is 0 Å². The lowest BCUT2D eigenvalue weighted by molar-refractivity contribution is 1.12. The summed E-state index contributed by atoms with van der Waals surface area (Å²) >= 11 is 5.05. The van der Waals surface area contributed by atoms with E-state index in [0.29, 0.717) is 0 Å². The van der Waals surface area contributed by atoms with Crippen molar-refractivity contribution in [2.24, 2.45) is 0 Å². The number of anilines is 1. The van der Waals surface area contributed by atoms with Gasteiger partial charge in [0.1, 0.15) is 0 Å².